The molecule has 0 saturated carbocycles. The zero-order chi connectivity index (χ0) is 20.8. The summed E-state index contributed by atoms with van der Waals surface area (Å²) in [6.45, 7) is 0.561. The van der Waals surface area contributed by atoms with Crippen molar-refractivity contribution in [1.82, 2.24) is 14.9 Å². The van der Waals surface area contributed by atoms with E-state index in [0.29, 0.717) is 24.9 Å². The van der Waals surface area contributed by atoms with Crippen molar-refractivity contribution in [2.24, 2.45) is 0 Å². The number of fused-ring (bicyclic) bond motifs is 1. The summed E-state index contributed by atoms with van der Waals surface area (Å²) in [5, 5.41) is 7.25. The van der Waals surface area contributed by atoms with Gasteiger partial charge in [-0.15, -0.1) is 0 Å². The largest absolute Gasteiger partial charge is 0.352 e. The molecule has 4 rings (SSSR count). The van der Waals surface area contributed by atoms with Crippen molar-refractivity contribution in [1.29, 1.82) is 0 Å². The van der Waals surface area contributed by atoms with E-state index < -0.39 is 0 Å². The SMILES string of the molecule is O=C(CCc1ccn2ncc(C(=O)NCCc3ccccc3)c2c1)c1ccccc1. The third-order valence-electron chi connectivity index (χ3n) is 5.11. The molecule has 150 valence electrons. The number of hydrogen-bond acceptors (Lipinski definition) is 3. The predicted octanol–water partition coefficient (Wildman–Crippen LogP) is 4.12. The average Bonchev–Trinajstić information content (AvgIpc) is 3.22. The molecule has 0 aliphatic rings. The zero-order valence-electron chi connectivity index (χ0n) is 16.6. The van der Waals surface area contributed by atoms with Crippen molar-refractivity contribution in [2.45, 2.75) is 19.3 Å². The van der Waals surface area contributed by atoms with E-state index in [4.69, 9.17) is 0 Å². The van der Waals surface area contributed by atoms with E-state index in [0.717, 1.165) is 23.1 Å². The topological polar surface area (TPSA) is 63.5 Å². The molecule has 2 aromatic carbocycles. The lowest BCUT2D eigenvalue weighted by Crippen LogP contribution is -2.25. The molecule has 0 atom stereocenters. The molecule has 0 saturated heterocycles. The highest BCUT2D eigenvalue weighted by molar-refractivity contribution is 6.00. The van der Waals surface area contributed by atoms with Crippen molar-refractivity contribution in [2.75, 3.05) is 6.54 Å². The minimum Gasteiger partial charge on any atom is -0.352 e. The number of rotatable bonds is 8. The summed E-state index contributed by atoms with van der Waals surface area (Å²) in [6.07, 6.45) is 5.24. The molecule has 0 aliphatic heterocycles. The first-order valence-electron chi connectivity index (χ1n) is 10.1. The van der Waals surface area contributed by atoms with E-state index in [9.17, 15) is 9.59 Å². The Morgan fingerprint density at radius 3 is 2.37 bits per heavy atom. The van der Waals surface area contributed by atoms with Gasteiger partial charge in [-0.2, -0.15) is 5.10 Å². The number of nitrogens with zero attached hydrogens (tertiary/aromatic N) is 2. The highest BCUT2D eigenvalue weighted by atomic mass is 16.1. The van der Waals surface area contributed by atoms with Crippen LogP contribution in [0.3, 0.4) is 0 Å². The first-order chi connectivity index (χ1) is 14.7. The Morgan fingerprint density at radius 2 is 1.60 bits per heavy atom. The minimum atomic E-state index is -0.140. The molecule has 0 spiro atoms. The van der Waals surface area contributed by atoms with Crippen molar-refractivity contribution >= 4 is 17.2 Å². The second kappa shape index (κ2) is 9.18. The Kier molecular flexibility index (Phi) is 5.99. The Labute approximate surface area is 175 Å². The van der Waals surface area contributed by atoms with Gasteiger partial charge in [-0.05, 0) is 36.1 Å². The highest BCUT2D eigenvalue weighted by Crippen LogP contribution is 2.15. The number of nitrogens with one attached hydrogen (secondary N) is 1. The maximum absolute atomic E-state index is 12.7. The van der Waals surface area contributed by atoms with Crippen molar-refractivity contribution in [3.63, 3.8) is 0 Å². The first-order valence-corrected chi connectivity index (χ1v) is 10.1. The minimum absolute atomic E-state index is 0.114. The van der Waals surface area contributed by atoms with E-state index in [-0.39, 0.29) is 11.7 Å². The Bertz CT molecular complexity index is 1150. The standard InChI is InChI=1S/C25H23N3O2/c29-24(21-9-5-2-6-10-21)12-11-20-14-16-28-23(17-20)22(18-27-28)25(30)26-15-13-19-7-3-1-4-8-19/h1-10,14,16-18H,11-13,15H2,(H,26,30). The van der Waals surface area contributed by atoms with Crippen LogP contribution in [0.25, 0.3) is 5.52 Å². The first kappa shape index (κ1) is 19.6. The van der Waals surface area contributed by atoms with Crippen LogP contribution in [0.5, 0.6) is 0 Å². The van der Waals surface area contributed by atoms with Crippen LogP contribution in [0, 0.1) is 0 Å². The number of ketones is 1. The lowest BCUT2D eigenvalue weighted by atomic mass is 10.0. The van der Waals surface area contributed by atoms with Crippen molar-refractivity contribution in [3.05, 3.63) is 107 Å². The lowest BCUT2D eigenvalue weighted by Gasteiger charge is -2.06. The third-order valence-corrected chi connectivity index (χ3v) is 5.11. The molecule has 0 radical (unpaired) electrons. The molecule has 2 aromatic heterocycles. The number of aryl methyl sites for hydroxylation is 1. The van der Waals surface area contributed by atoms with Gasteiger partial charge in [-0.25, -0.2) is 4.52 Å². The normalized spacial score (nSPS) is 10.8. The molecular formula is C25H23N3O2. The van der Waals surface area contributed by atoms with Gasteiger partial charge in [0.1, 0.15) is 0 Å². The molecule has 30 heavy (non-hydrogen) atoms. The van der Waals surface area contributed by atoms with Crippen LogP contribution in [0.15, 0.2) is 85.2 Å². The number of pyridine rings is 1. The van der Waals surface area contributed by atoms with Crippen molar-refractivity contribution in [3.8, 4) is 0 Å². The number of hydrogen-bond donors (Lipinski definition) is 1. The number of Topliss-reactive ketones (excluding diaryl/α,β-unsaturated/α-hetero) is 1. The number of aromatic nitrogens is 2. The van der Waals surface area contributed by atoms with Gasteiger partial charge >= 0.3 is 0 Å². The van der Waals surface area contributed by atoms with E-state index in [1.165, 1.54) is 5.56 Å². The van der Waals surface area contributed by atoms with Crippen LogP contribution in [0.4, 0.5) is 0 Å². The maximum atomic E-state index is 12.7. The fourth-order valence-electron chi connectivity index (χ4n) is 3.44. The Morgan fingerprint density at radius 1 is 0.867 bits per heavy atom. The lowest BCUT2D eigenvalue weighted by molar-refractivity contribution is 0.0953. The van der Waals surface area contributed by atoms with Crippen LogP contribution in [0.1, 0.15) is 38.3 Å². The molecule has 1 amide bonds. The van der Waals surface area contributed by atoms with Crippen LogP contribution in [-0.4, -0.2) is 27.8 Å². The summed E-state index contributed by atoms with van der Waals surface area (Å²) in [7, 11) is 0. The quantitative estimate of drug-likeness (QED) is 0.455. The Hall–Kier alpha value is -3.73. The molecular weight excluding hydrogens is 374 g/mol. The average molecular weight is 397 g/mol. The molecule has 2 heterocycles. The third kappa shape index (κ3) is 4.63. The van der Waals surface area contributed by atoms with Gasteiger partial charge in [0.25, 0.3) is 5.91 Å². The molecule has 1 N–H and O–H groups in total. The van der Waals surface area contributed by atoms with E-state index >= 15 is 0 Å². The monoisotopic (exact) mass is 397 g/mol. The van der Waals surface area contributed by atoms with Gasteiger partial charge < -0.3 is 5.32 Å². The number of benzene rings is 2. The van der Waals surface area contributed by atoms with Gasteiger partial charge in [0.15, 0.2) is 5.78 Å². The molecule has 5 heteroatoms. The van der Waals surface area contributed by atoms with E-state index in [1.807, 2.05) is 79.0 Å². The summed E-state index contributed by atoms with van der Waals surface area (Å²) >= 11 is 0. The molecule has 4 aromatic rings. The van der Waals surface area contributed by atoms with Gasteiger partial charge in [0.05, 0.1) is 17.3 Å². The number of carbonyl (C=O) groups is 2. The summed E-state index contributed by atoms with van der Waals surface area (Å²) in [5.74, 6) is -0.0266. The summed E-state index contributed by atoms with van der Waals surface area (Å²) in [6, 6.07) is 23.2. The summed E-state index contributed by atoms with van der Waals surface area (Å²) < 4.78 is 1.69. The van der Waals surface area contributed by atoms with Crippen LogP contribution < -0.4 is 5.32 Å². The Balaban J connectivity index is 1.40. The van der Waals surface area contributed by atoms with Gasteiger partial charge in [-0.1, -0.05) is 60.7 Å². The predicted molar refractivity (Wildman–Crippen MR) is 117 cm³/mol. The molecule has 0 unspecified atom stereocenters. The smallest absolute Gasteiger partial charge is 0.255 e. The summed E-state index contributed by atoms with van der Waals surface area (Å²) in [5.41, 5.74) is 4.20. The molecule has 0 aliphatic carbocycles. The second-order valence-corrected chi connectivity index (χ2v) is 7.20. The number of amides is 1. The molecule has 5 nitrogen and oxygen atoms in total. The fraction of sp³-hybridized carbons (Fsp3) is 0.160. The van der Waals surface area contributed by atoms with Crippen LogP contribution in [0.2, 0.25) is 0 Å². The van der Waals surface area contributed by atoms with Gasteiger partial charge in [-0.3, -0.25) is 9.59 Å². The highest BCUT2D eigenvalue weighted by Gasteiger charge is 2.13. The second-order valence-electron chi connectivity index (χ2n) is 7.20. The molecule has 0 fully saturated rings. The zero-order valence-corrected chi connectivity index (χ0v) is 16.6. The van der Waals surface area contributed by atoms with Gasteiger partial charge in [0.2, 0.25) is 0 Å². The van der Waals surface area contributed by atoms with Crippen LogP contribution >= 0.6 is 0 Å². The summed E-state index contributed by atoms with van der Waals surface area (Å²) in [4.78, 5) is 25.0. The van der Waals surface area contributed by atoms with Crippen molar-refractivity contribution < 1.29 is 9.59 Å². The maximum Gasteiger partial charge on any atom is 0.255 e. The van der Waals surface area contributed by atoms with Gasteiger partial charge in [0, 0.05) is 24.7 Å². The number of carbonyl (C=O) groups excluding carboxylic acids is 2. The molecule has 0 bridgehead atoms. The van der Waals surface area contributed by atoms with E-state index in [2.05, 4.69) is 10.4 Å². The van der Waals surface area contributed by atoms with E-state index in [1.54, 1.807) is 10.7 Å². The van der Waals surface area contributed by atoms with Crippen LogP contribution in [-0.2, 0) is 12.8 Å². The fourth-order valence-corrected chi connectivity index (χ4v) is 3.44.